The summed E-state index contributed by atoms with van der Waals surface area (Å²) in [6.07, 6.45) is 4.29. The highest BCUT2D eigenvalue weighted by Crippen LogP contribution is 2.30. The highest BCUT2D eigenvalue weighted by atomic mass is 79.9. The van der Waals surface area contributed by atoms with E-state index in [0.717, 1.165) is 29.3 Å². The fraction of sp³-hybridized carbons (Fsp3) is 0.500. The van der Waals surface area contributed by atoms with E-state index in [1.165, 1.54) is 12.5 Å². The minimum absolute atomic E-state index is 0.157. The second-order valence-electron chi connectivity index (χ2n) is 4.38. The zero-order valence-corrected chi connectivity index (χ0v) is 10.1. The molecule has 1 aliphatic carbocycles. The van der Waals surface area contributed by atoms with Crippen LogP contribution in [0.15, 0.2) is 22.7 Å². The van der Waals surface area contributed by atoms with Crippen LogP contribution in [-0.4, -0.2) is 6.04 Å². The summed E-state index contributed by atoms with van der Waals surface area (Å²) in [6, 6.07) is 5.23. The van der Waals surface area contributed by atoms with Gasteiger partial charge in [0.25, 0.3) is 0 Å². The van der Waals surface area contributed by atoms with E-state index in [0.29, 0.717) is 12.0 Å². The second kappa shape index (κ2) is 4.62. The maximum absolute atomic E-state index is 13.1. The van der Waals surface area contributed by atoms with Gasteiger partial charge in [-0.3, -0.25) is 0 Å². The molecule has 3 heteroatoms. The zero-order chi connectivity index (χ0) is 10.8. The molecule has 0 aromatic heterocycles. The number of halogens is 2. The van der Waals surface area contributed by atoms with Gasteiger partial charge in [-0.05, 0) is 55.4 Å². The SMILES string of the molecule is NC1CCC(Cc2cc(F)ccc2Br)C1. The van der Waals surface area contributed by atoms with Crippen molar-refractivity contribution in [3.8, 4) is 0 Å². The first-order valence-corrected chi connectivity index (χ1v) is 6.14. The van der Waals surface area contributed by atoms with Gasteiger partial charge >= 0.3 is 0 Å². The third kappa shape index (κ3) is 2.79. The smallest absolute Gasteiger partial charge is 0.123 e. The molecule has 2 rings (SSSR count). The first-order valence-electron chi connectivity index (χ1n) is 5.34. The average Bonchev–Trinajstić information content (AvgIpc) is 2.58. The molecule has 82 valence electrons. The van der Waals surface area contributed by atoms with Crippen LogP contribution < -0.4 is 5.73 Å². The molecule has 1 aromatic carbocycles. The lowest BCUT2D eigenvalue weighted by molar-refractivity contribution is 0.531. The Hall–Kier alpha value is -0.410. The van der Waals surface area contributed by atoms with E-state index in [1.54, 1.807) is 12.1 Å². The molecule has 1 fully saturated rings. The number of nitrogens with two attached hydrogens (primary N) is 1. The third-order valence-electron chi connectivity index (χ3n) is 3.10. The van der Waals surface area contributed by atoms with Crippen molar-refractivity contribution in [2.45, 2.75) is 31.7 Å². The van der Waals surface area contributed by atoms with E-state index in [-0.39, 0.29) is 5.82 Å². The summed E-state index contributed by atoms with van der Waals surface area (Å²) in [5.41, 5.74) is 6.92. The van der Waals surface area contributed by atoms with E-state index in [9.17, 15) is 4.39 Å². The summed E-state index contributed by atoms with van der Waals surface area (Å²) >= 11 is 3.45. The molecule has 0 spiro atoms. The number of hydrogen-bond donors (Lipinski definition) is 1. The first-order chi connectivity index (χ1) is 7.15. The predicted molar refractivity (Wildman–Crippen MR) is 63.1 cm³/mol. The van der Waals surface area contributed by atoms with Gasteiger partial charge in [-0.25, -0.2) is 4.39 Å². The number of rotatable bonds is 2. The van der Waals surface area contributed by atoms with Crippen molar-refractivity contribution in [1.29, 1.82) is 0 Å². The molecule has 1 aliphatic rings. The molecule has 0 saturated heterocycles. The quantitative estimate of drug-likeness (QED) is 0.878. The second-order valence-corrected chi connectivity index (χ2v) is 5.23. The molecule has 1 nitrogen and oxygen atoms in total. The average molecular weight is 272 g/mol. The van der Waals surface area contributed by atoms with Gasteiger partial charge in [0.2, 0.25) is 0 Å². The standard InChI is InChI=1S/C12H15BrFN/c13-12-4-2-10(14)7-9(12)5-8-1-3-11(15)6-8/h2,4,7-8,11H,1,3,5-6,15H2. The number of benzene rings is 1. The van der Waals surface area contributed by atoms with Gasteiger partial charge in [-0.15, -0.1) is 0 Å². The van der Waals surface area contributed by atoms with Crippen LogP contribution in [-0.2, 0) is 6.42 Å². The van der Waals surface area contributed by atoms with Crippen LogP contribution in [0.1, 0.15) is 24.8 Å². The molecule has 2 unspecified atom stereocenters. The Morgan fingerprint density at radius 3 is 2.87 bits per heavy atom. The highest BCUT2D eigenvalue weighted by Gasteiger charge is 2.22. The van der Waals surface area contributed by atoms with Crippen molar-refractivity contribution >= 4 is 15.9 Å². The molecule has 0 aliphatic heterocycles. The summed E-state index contributed by atoms with van der Waals surface area (Å²) in [7, 11) is 0. The van der Waals surface area contributed by atoms with Crippen LogP contribution in [0.25, 0.3) is 0 Å². The normalized spacial score (nSPS) is 25.8. The van der Waals surface area contributed by atoms with Crippen LogP contribution in [0.2, 0.25) is 0 Å². The van der Waals surface area contributed by atoms with Crippen LogP contribution in [0, 0.1) is 11.7 Å². The fourth-order valence-electron chi connectivity index (χ4n) is 2.31. The van der Waals surface area contributed by atoms with E-state index in [4.69, 9.17) is 5.73 Å². The topological polar surface area (TPSA) is 26.0 Å². The van der Waals surface area contributed by atoms with Crippen molar-refractivity contribution in [3.05, 3.63) is 34.1 Å². The van der Waals surface area contributed by atoms with E-state index in [1.807, 2.05) is 0 Å². The molecular formula is C12H15BrFN. The maximum Gasteiger partial charge on any atom is 0.123 e. The Labute approximate surface area is 98.0 Å². The van der Waals surface area contributed by atoms with Crippen molar-refractivity contribution in [1.82, 2.24) is 0 Å². The molecule has 1 saturated carbocycles. The molecule has 1 aromatic rings. The first kappa shape index (κ1) is 11.1. The van der Waals surface area contributed by atoms with Gasteiger partial charge in [0.15, 0.2) is 0 Å². The zero-order valence-electron chi connectivity index (χ0n) is 8.55. The molecule has 0 bridgehead atoms. The Morgan fingerprint density at radius 1 is 1.40 bits per heavy atom. The van der Waals surface area contributed by atoms with Crippen LogP contribution in [0.3, 0.4) is 0 Å². The summed E-state index contributed by atoms with van der Waals surface area (Å²) in [5.74, 6) is 0.466. The Bertz CT molecular complexity index is 353. The minimum Gasteiger partial charge on any atom is -0.328 e. The van der Waals surface area contributed by atoms with Gasteiger partial charge in [0, 0.05) is 10.5 Å². The fourth-order valence-corrected chi connectivity index (χ4v) is 2.72. The van der Waals surface area contributed by atoms with E-state index < -0.39 is 0 Å². The lowest BCUT2D eigenvalue weighted by Crippen LogP contribution is -2.15. The van der Waals surface area contributed by atoms with Gasteiger partial charge in [-0.1, -0.05) is 15.9 Å². The van der Waals surface area contributed by atoms with Crippen molar-refractivity contribution in [3.63, 3.8) is 0 Å². The third-order valence-corrected chi connectivity index (χ3v) is 3.87. The van der Waals surface area contributed by atoms with Gasteiger partial charge in [-0.2, -0.15) is 0 Å². The molecule has 15 heavy (non-hydrogen) atoms. The molecular weight excluding hydrogens is 257 g/mol. The lowest BCUT2D eigenvalue weighted by atomic mass is 9.98. The van der Waals surface area contributed by atoms with Crippen molar-refractivity contribution in [2.75, 3.05) is 0 Å². The Morgan fingerprint density at radius 2 is 2.20 bits per heavy atom. The van der Waals surface area contributed by atoms with Crippen LogP contribution >= 0.6 is 15.9 Å². The summed E-state index contributed by atoms with van der Waals surface area (Å²) in [5, 5.41) is 0. The minimum atomic E-state index is -0.157. The van der Waals surface area contributed by atoms with Gasteiger partial charge in [0.05, 0.1) is 0 Å². The molecule has 0 radical (unpaired) electrons. The maximum atomic E-state index is 13.1. The summed E-state index contributed by atoms with van der Waals surface area (Å²) in [4.78, 5) is 0. The predicted octanol–water partition coefficient (Wildman–Crippen LogP) is 3.26. The highest BCUT2D eigenvalue weighted by molar-refractivity contribution is 9.10. The molecule has 2 atom stereocenters. The van der Waals surface area contributed by atoms with Crippen molar-refractivity contribution in [2.24, 2.45) is 11.7 Å². The molecule has 0 amide bonds. The Balaban J connectivity index is 2.07. The molecule has 0 heterocycles. The lowest BCUT2D eigenvalue weighted by Gasteiger charge is -2.11. The monoisotopic (exact) mass is 271 g/mol. The number of hydrogen-bond acceptors (Lipinski definition) is 1. The van der Waals surface area contributed by atoms with Gasteiger partial charge < -0.3 is 5.73 Å². The van der Waals surface area contributed by atoms with E-state index in [2.05, 4.69) is 15.9 Å². The molecule has 2 N–H and O–H groups in total. The largest absolute Gasteiger partial charge is 0.328 e. The summed E-state index contributed by atoms with van der Waals surface area (Å²) in [6.45, 7) is 0. The summed E-state index contributed by atoms with van der Waals surface area (Å²) < 4.78 is 14.1. The van der Waals surface area contributed by atoms with E-state index >= 15 is 0 Å². The Kier molecular flexibility index (Phi) is 3.42. The van der Waals surface area contributed by atoms with Crippen LogP contribution in [0.4, 0.5) is 4.39 Å². The van der Waals surface area contributed by atoms with Crippen molar-refractivity contribution < 1.29 is 4.39 Å². The van der Waals surface area contributed by atoms with Gasteiger partial charge in [0.1, 0.15) is 5.82 Å². The van der Waals surface area contributed by atoms with Crippen LogP contribution in [0.5, 0.6) is 0 Å².